The monoisotopic (exact) mass is 443 g/mol. The van der Waals surface area contributed by atoms with Crippen LogP contribution in [0.15, 0.2) is 73.8 Å². The van der Waals surface area contributed by atoms with E-state index in [1.807, 2.05) is 47.6 Å². The molecule has 5 rings (SSSR count). The zero-order chi connectivity index (χ0) is 22.5. The maximum Gasteiger partial charge on any atom is 0.200 e. The third kappa shape index (κ3) is 4.70. The molecule has 5 aromatic heterocycles. The molecule has 9 nitrogen and oxygen atoms in total. The molecule has 0 fully saturated rings. The minimum absolute atomic E-state index is 0.290. The lowest BCUT2D eigenvalue weighted by Crippen LogP contribution is -2.16. The predicted octanol–water partition coefficient (Wildman–Crippen LogP) is 3.45. The first-order chi connectivity index (χ1) is 16.3. The molecule has 2 N–H and O–H groups in total. The van der Waals surface area contributed by atoms with E-state index >= 15 is 0 Å². The summed E-state index contributed by atoms with van der Waals surface area (Å²) in [5.41, 5.74) is 2.69. The molecule has 33 heavy (non-hydrogen) atoms. The Morgan fingerprint density at radius 3 is 2.79 bits per heavy atom. The first-order valence-corrected chi connectivity index (χ1v) is 10.6. The number of halogens is 1. The van der Waals surface area contributed by atoms with Crippen LogP contribution in [0.1, 0.15) is 12.0 Å². The average molecular weight is 443 g/mol. The van der Waals surface area contributed by atoms with Crippen molar-refractivity contribution < 1.29 is 4.39 Å². The van der Waals surface area contributed by atoms with Gasteiger partial charge in [-0.3, -0.25) is 9.97 Å². The number of hydrogen-bond acceptors (Lipinski definition) is 7. The van der Waals surface area contributed by atoms with Gasteiger partial charge in [0.05, 0.1) is 18.2 Å². The molecule has 0 amide bonds. The predicted molar refractivity (Wildman–Crippen MR) is 122 cm³/mol. The number of aryl methyl sites for hydroxylation is 1. The molecule has 0 bridgehead atoms. The van der Waals surface area contributed by atoms with E-state index in [2.05, 4.69) is 35.7 Å². The van der Waals surface area contributed by atoms with Crippen LogP contribution < -0.4 is 10.6 Å². The minimum atomic E-state index is -0.459. The summed E-state index contributed by atoms with van der Waals surface area (Å²) in [6.45, 7) is 2.36. The zero-order valence-corrected chi connectivity index (χ0v) is 17.8. The normalized spacial score (nSPS) is 11.2. The van der Waals surface area contributed by atoms with E-state index in [0.717, 1.165) is 30.6 Å². The summed E-state index contributed by atoms with van der Waals surface area (Å²) in [5, 5.41) is 11.2. The highest BCUT2D eigenvalue weighted by molar-refractivity contribution is 5.78. The van der Waals surface area contributed by atoms with Crippen molar-refractivity contribution in [3.8, 4) is 11.5 Å². The van der Waals surface area contributed by atoms with Gasteiger partial charge in [-0.2, -0.15) is 0 Å². The Morgan fingerprint density at radius 2 is 1.97 bits per heavy atom. The number of rotatable bonds is 9. The van der Waals surface area contributed by atoms with Crippen molar-refractivity contribution in [1.82, 2.24) is 39.4 Å². The summed E-state index contributed by atoms with van der Waals surface area (Å²) in [4.78, 5) is 16.9. The van der Waals surface area contributed by atoms with Gasteiger partial charge in [0.2, 0.25) is 5.82 Å². The summed E-state index contributed by atoms with van der Waals surface area (Å²) in [5.74, 6) is 0.478. The Labute approximate surface area is 189 Å². The molecule has 10 heteroatoms. The number of hydrogen-bond donors (Lipinski definition) is 2. The highest BCUT2D eigenvalue weighted by atomic mass is 19.1. The van der Waals surface area contributed by atoms with Gasteiger partial charge in [0.1, 0.15) is 11.2 Å². The van der Waals surface area contributed by atoms with E-state index in [4.69, 9.17) is 0 Å². The second kappa shape index (κ2) is 9.53. The number of aromatic nitrogens is 7. The number of nitrogens with zero attached hydrogens (tertiary/aromatic N) is 7. The molecule has 0 spiro atoms. The van der Waals surface area contributed by atoms with Crippen LogP contribution in [0.3, 0.4) is 0 Å². The maximum absolute atomic E-state index is 14.3. The largest absolute Gasteiger partial charge is 0.337 e. The van der Waals surface area contributed by atoms with Crippen LogP contribution in [-0.4, -0.2) is 40.7 Å². The summed E-state index contributed by atoms with van der Waals surface area (Å²) in [7, 11) is 0. The SMILES string of the molecule is Fc1cnccc1Nc1nc(-c2ccccn2)nn2ccc(CNCCCn3ccnc3)c12. The lowest BCUT2D eigenvalue weighted by Gasteiger charge is -2.12. The highest BCUT2D eigenvalue weighted by Gasteiger charge is 2.16. The van der Waals surface area contributed by atoms with E-state index in [1.54, 1.807) is 23.0 Å². The van der Waals surface area contributed by atoms with E-state index in [9.17, 15) is 4.39 Å². The summed E-state index contributed by atoms with van der Waals surface area (Å²) in [6, 6.07) is 9.11. The Balaban J connectivity index is 1.42. The molecule has 0 aliphatic carbocycles. The molecule has 0 unspecified atom stereocenters. The number of imidazole rings is 1. The van der Waals surface area contributed by atoms with Crippen molar-refractivity contribution >= 4 is 17.0 Å². The van der Waals surface area contributed by atoms with Crippen LogP contribution in [0.5, 0.6) is 0 Å². The third-order valence-corrected chi connectivity index (χ3v) is 5.16. The third-order valence-electron chi connectivity index (χ3n) is 5.16. The number of pyridine rings is 2. The van der Waals surface area contributed by atoms with Gasteiger partial charge in [-0.15, -0.1) is 5.10 Å². The van der Waals surface area contributed by atoms with Gasteiger partial charge in [-0.05, 0) is 42.8 Å². The van der Waals surface area contributed by atoms with Crippen LogP contribution in [0.4, 0.5) is 15.9 Å². The van der Waals surface area contributed by atoms with Crippen LogP contribution in [0, 0.1) is 5.82 Å². The first-order valence-electron chi connectivity index (χ1n) is 10.6. The van der Waals surface area contributed by atoms with E-state index < -0.39 is 5.82 Å². The Hall–Kier alpha value is -4.18. The van der Waals surface area contributed by atoms with Gasteiger partial charge >= 0.3 is 0 Å². The number of nitrogens with one attached hydrogen (secondary N) is 2. The van der Waals surface area contributed by atoms with Gasteiger partial charge in [-0.1, -0.05) is 6.07 Å². The first kappa shape index (κ1) is 20.7. The van der Waals surface area contributed by atoms with Gasteiger partial charge in [0.25, 0.3) is 0 Å². The molecule has 0 saturated carbocycles. The van der Waals surface area contributed by atoms with Crippen LogP contribution in [0.2, 0.25) is 0 Å². The molecule has 0 aliphatic heterocycles. The molecule has 5 heterocycles. The topological polar surface area (TPSA) is 97.9 Å². The standard InChI is InChI=1S/C23H22FN9/c24-18-15-26-9-5-19(18)29-23-21-17(14-25-7-3-11-32-13-10-27-16-32)6-12-33(21)31-22(30-23)20-4-1-2-8-28-20/h1-2,4-6,8-10,12-13,15-16,25H,3,7,11,14H2,(H,26,29,30,31). The van der Waals surface area contributed by atoms with Gasteiger partial charge in [0.15, 0.2) is 11.6 Å². The summed E-state index contributed by atoms with van der Waals surface area (Å²) < 4.78 is 18.1. The van der Waals surface area contributed by atoms with Crippen LogP contribution >= 0.6 is 0 Å². The lowest BCUT2D eigenvalue weighted by atomic mass is 10.2. The molecule has 0 aliphatic rings. The van der Waals surface area contributed by atoms with Gasteiger partial charge < -0.3 is 15.2 Å². The quantitative estimate of drug-likeness (QED) is 0.337. The zero-order valence-electron chi connectivity index (χ0n) is 17.8. The van der Waals surface area contributed by atoms with Crippen LogP contribution in [-0.2, 0) is 13.1 Å². The fourth-order valence-corrected chi connectivity index (χ4v) is 3.55. The Bertz CT molecular complexity index is 1330. The molecule has 0 radical (unpaired) electrons. The molecule has 0 saturated heterocycles. The average Bonchev–Trinajstić information content (AvgIpc) is 3.51. The van der Waals surface area contributed by atoms with Crippen molar-refractivity contribution in [3.63, 3.8) is 0 Å². The summed E-state index contributed by atoms with van der Waals surface area (Å²) in [6.07, 6.45) is 12.8. The van der Waals surface area contributed by atoms with Crippen molar-refractivity contribution in [2.45, 2.75) is 19.5 Å². The fraction of sp³-hybridized carbons (Fsp3) is 0.174. The molecule has 0 atom stereocenters. The van der Waals surface area contributed by atoms with Crippen molar-refractivity contribution in [1.29, 1.82) is 0 Å². The number of fused-ring (bicyclic) bond motifs is 1. The minimum Gasteiger partial charge on any atom is -0.337 e. The Morgan fingerprint density at radius 1 is 1.00 bits per heavy atom. The van der Waals surface area contributed by atoms with Gasteiger partial charge in [-0.25, -0.2) is 18.9 Å². The lowest BCUT2D eigenvalue weighted by molar-refractivity contribution is 0.581. The highest BCUT2D eigenvalue weighted by Crippen LogP contribution is 2.27. The van der Waals surface area contributed by atoms with Crippen LogP contribution in [0.25, 0.3) is 17.0 Å². The maximum atomic E-state index is 14.3. The van der Waals surface area contributed by atoms with E-state index in [-0.39, 0.29) is 5.69 Å². The second-order valence-corrected chi connectivity index (χ2v) is 7.44. The van der Waals surface area contributed by atoms with E-state index in [1.165, 1.54) is 12.4 Å². The van der Waals surface area contributed by atoms with Crippen molar-refractivity contribution in [3.05, 3.63) is 85.2 Å². The smallest absolute Gasteiger partial charge is 0.200 e. The Kier molecular flexibility index (Phi) is 5.98. The molecular weight excluding hydrogens is 421 g/mol. The number of anilines is 2. The molecule has 166 valence electrons. The molecule has 0 aromatic carbocycles. The summed E-state index contributed by atoms with van der Waals surface area (Å²) >= 11 is 0. The molecular formula is C23H22FN9. The van der Waals surface area contributed by atoms with E-state index in [0.29, 0.717) is 23.9 Å². The molecule has 5 aromatic rings. The van der Waals surface area contributed by atoms with Crippen molar-refractivity contribution in [2.24, 2.45) is 0 Å². The van der Waals surface area contributed by atoms with Gasteiger partial charge in [0, 0.05) is 44.1 Å². The fourth-order valence-electron chi connectivity index (χ4n) is 3.55. The van der Waals surface area contributed by atoms with Crippen molar-refractivity contribution in [2.75, 3.05) is 11.9 Å². The second-order valence-electron chi connectivity index (χ2n) is 7.44.